The highest BCUT2D eigenvalue weighted by Crippen LogP contribution is 2.47. The van der Waals surface area contributed by atoms with E-state index in [1.165, 1.54) is 0 Å². The minimum absolute atomic E-state index is 0.0567. The normalized spacial score (nSPS) is 14.8. The molecule has 2 N–H and O–H groups in total. The number of nitriles is 1. The second-order valence-electron chi connectivity index (χ2n) is 8.88. The zero-order chi connectivity index (χ0) is 25.5. The van der Waals surface area contributed by atoms with Crippen molar-refractivity contribution in [3.8, 4) is 23.4 Å². The first-order chi connectivity index (χ1) is 18.0. The number of pyridine rings is 1. The summed E-state index contributed by atoms with van der Waals surface area (Å²) in [5.74, 6) is 0.512. The van der Waals surface area contributed by atoms with Crippen LogP contribution in [0.2, 0.25) is 0 Å². The molecule has 37 heavy (non-hydrogen) atoms. The van der Waals surface area contributed by atoms with E-state index in [-0.39, 0.29) is 17.9 Å². The van der Waals surface area contributed by atoms with Crippen LogP contribution in [0.3, 0.4) is 0 Å². The fourth-order valence-corrected chi connectivity index (χ4v) is 4.77. The van der Waals surface area contributed by atoms with Crippen molar-refractivity contribution in [1.82, 2.24) is 4.98 Å². The zero-order valence-corrected chi connectivity index (χ0v) is 19.9. The lowest BCUT2D eigenvalue weighted by Crippen LogP contribution is -2.27. The molecule has 0 radical (unpaired) electrons. The zero-order valence-electron chi connectivity index (χ0n) is 19.9. The van der Waals surface area contributed by atoms with Crippen molar-refractivity contribution in [2.24, 2.45) is 5.73 Å². The number of para-hydroxylation sites is 2. The number of hydrogen-bond acceptors (Lipinski definition) is 7. The summed E-state index contributed by atoms with van der Waals surface area (Å²) in [5.41, 5.74) is 9.22. The Bertz CT molecular complexity index is 1820. The Morgan fingerprint density at radius 3 is 2.65 bits per heavy atom. The van der Waals surface area contributed by atoms with Crippen LogP contribution in [0.5, 0.6) is 17.4 Å². The third kappa shape index (κ3) is 3.85. The van der Waals surface area contributed by atoms with Gasteiger partial charge in [-0.15, -0.1) is 0 Å². The molecule has 0 aliphatic carbocycles. The van der Waals surface area contributed by atoms with Crippen LogP contribution >= 0.6 is 0 Å². The molecule has 0 bridgehead atoms. The van der Waals surface area contributed by atoms with Gasteiger partial charge in [0.1, 0.15) is 11.3 Å². The smallest absolute Gasteiger partial charge is 0.344 e. The van der Waals surface area contributed by atoms with Gasteiger partial charge >= 0.3 is 5.63 Å². The molecule has 180 valence electrons. The van der Waals surface area contributed by atoms with Crippen LogP contribution < -0.4 is 20.8 Å². The Morgan fingerprint density at radius 2 is 1.84 bits per heavy atom. The molecule has 1 unspecified atom stereocenters. The SMILES string of the molecule is Cc1ccc2oc(=O)c3c(c2c1)OC(N)=C(CC#N)C3c1cc2ccccc2nc1Oc1ccccc1. The van der Waals surface area contributed by atoms with Crippen molar-refractivity contribution in [2.75, 3.05) is 0 Å². The van der Waals surface area contributed by atoms with Crippen LogP contribution in [-0.2, 0) is 0 Å². The maximum Gasteiger partial charge on any atom is 0.344 e. The first kappa shape index (κ1) is 22.4. The molecular formula is C30H21N3O4. The lowest BCUT2D eigenvalue weighted by atomic mass is 9.82. The van der Waals surface area contributed by atoms with Crippen molar-refractivity contribution < 1.29 is 13.9 Å². The van der Waals surface area contributed by atoms with Gasteiger partial charge in [-0.05, 0) is 43.3 Å². The van der Waals surface area contributed by atoms with E-state index >= 15 is 0 Å². The van der Waals surface area contributed by atoms with E-state index in [1.54, 1.807) is 6.07 Å². The number of rotatable bonds is 4. The Labute approximate surface area is 212 Å². The lowest BCUT2D eigenvalue weighted by molar-refractivity contribution is 0.379. The highest BCUT2D eigenvalue weighted by molar-refractivity contribution is 5.87. The molecule has 6 rings (SSSR count). The number of allylic oxidation sites excluding steroid dienone is 1. The number of ether oxygens (including phenoxy) is 2. The summed E-state index contributed by atoms with van der Waals surface area (Å²) in [6.45, 7) is 1.94. The fourth-order valence-electron chi connectivity index (χ4n) is 4.77. The summed E-state index contributed by atoms with van der Waals surface area (Å²) in [5, 5.41) is 11.1. The third-order valence-electron chi connectivity index (χ3n) is 6.47. The van der Waals surface area contributed by atoms with E-state index < -0.39 is 11.5 Å². The highest BCUT2D eigenvalue weighted by atomic mass is 16.5. The Morgan fingerprint density at radius 1 is 1.05 bits per heavy atom. The first-order valence-electron chi connectivity index (χ1n) is 11.8. The number of benzene rings is 3. The summed E-state index contributed by atoms with van der Waals surface area (Å²) >= 11 is 0. The molecule has 1 atom stereocenters. The molecular weight excluding hydrogens is 466 g/mol. The van der Waals surface area contributed by atoms with Gasteiger partial charge in [-0.25, -0.2) is 9.78 Å². The Balaban J connectivity index is 1.68. The van der Waals surface area contributed by atoms with Crippen molar-refractivity contribution in [1.29, 1.82) is 5.26 Å². The first-order valence-corrected chi connectivity index (χ1v) is 11.8. The van der Waals surface area contributed by atoms with Crippen LogP contribution in [0.25, 0.3) is 21.9 Å². The Hall–Kier alpha value is -5.09. The highest BCUT2D eigenvalue weighted by Gasteiger charge is 2.37. The molecule has 1 aliphatic heterocycles. The van der Waals surface area contributed by atoms with E-state index in [1.807, 2.05) is 79.7 Å². The van der Waals surface area contributed by atoms with Crippen LogP contribution in [0, 0.1) is 18.3 Å². The van der Waals surface area contributed by atoms with Crippen molar-refractivity contribution in [3.63, 3.8) is 0 Å². The fraction of sp³-hybridized carbons (Fsp3) is 0.100. The molecule has 7 heteroatoms. The number of fused-ring (bicyclic) bond motifs is 4. The van der Waals surface area contributed by atoms with E-state index in [4.69, 9.17) is 24.6 Å². The molecule has 1 aliphatic rings. The van der Waals surface area contributed by atoms with Gasteiger partial charge in [0.25, 0.3) is 0 Å². The van der Waals surface area contributed by atoms with Gasteiger partial charge < -0.3 is 19.6 Å². The van der Waals surface area contributed by atoms with E-state index in [0.29, 0.717) is 39.5 Å². The molecule has 0 amide bonds. The molecule has 3 heterocycles. The second kappa shape index (κ2) is 8.85. The number of nitrogens with zero attached hydrogens (tertiary/aromatic N) is 2. The lowest BCUT2D eigenvalue weighted by Gasteiger charge is -2.29. The Kier molecular flexibility index (Phi) is 5.35. The van der Waals surface area contributed by atoms with Gasteiger partial charge in [-0.2, -0.15) is 5.26 Å². The van der Waals surface area contributed by atoms with E-state index in [9.17, 15) is 10.1 Å². The van der Waals surface area contributed by atoms with Gasteiger partial charge in [-0.1, -0.05) is 48.0 Å². The molecule has 3 aromatic carbocycles. The van der Waals surface area contributed by atoms with Crippen LogP contribution in [0.1, 0.15) is 29.0 Å². The van der Waals surface area contributed by atoms with Crippen molar-refractivity contribution in [3.05, 3.63) is 117 Å². The number of aryl methyl sites for hydroxylation is 1. The van der Waals surface area contributed by atoms with E-state index in [0.717, 1.165) is 16.5 Å². The number of nitrogens with two attached hydrogens (primary N) is 1. The van der Waals surface area contributed by atoms with Gasteiger partial charge in [0, 0.05) is 16.5 Å². The average Bonchev–Trinajstić information content (AvgIpc) is 2.90. The molecule has 0 spiro atoms. The minimum atomic E-state index is -0.764. The van der Waals surface area contributed by atoms with Gasteiger partial charge in [-0.3, -0.25) is 0 Å². The van der Waals surface area contributed by atoms with E-state index in [2.05, 4.69) is 6.07 Å². The number of aromatic nitrogens is 1. The quantitative estimate of drug-likeness (QED) is 0.307. The topological polar surface area (TPSA) is 111 Å². The number of hydrogen-bond donors (Lipinski definition) is 1. The van der Waals surface area contributed by atoms with Gasteiger partial charge in [0.05, 0.1) is 34.9 Å². The molecule has 5 aromatic rings. The summed E-state index contributed by atoms with van der Waals surface area (Å²) in [6, 6.07) is 26.4. The average molecular weight is 488 g/mol. The molecule has 0 saturated heterocycles. The predicted molar refractivity (Wildman–Crippen MR) is 139 cm³/mol. The maximum absolute atomic E-state index is 13.5. The molecule has 0 saturated carbocycles. The summed E-state index contributed by atoms with van der Waals surface area (Å²) in [6.07, 6.45) is -0.0567. The maximum atomic E-state index is 13.5. The molecule has 7 nitrogen and oxygen atoms in total. The second-order valence-corrected chi connectivity index (χ2v) is 8.88. The van der Waals surface area contributed by atoms with Crippen LogP contribution in [0.4, 0.5) is 0 Å². The van der Waals surface area contributed by atoms with Crippen LogP contribution in [-0.4, -0.2) is 4.98 Å². The van der Waals surface area contributed by atoms with Crippen molar-refractivity contribution >= 4 is 21.9 Å². The summed E-state index contributed by atoms with van der Waals surface area (Å²) < 4.78 is 18.0. The third-order valence-corrected chi connectivity index (χ3v) is 6.47. The largest absolute Gasteiger partial charge is 0.440 e. The van der Waals surface area contributed by atoms with Crippen molar-refractivity contribution in [2.45, 2.75) is 19.3 Å². The molecule has 0 fully saturated rings. The van der Waals surface area contributed by atoms with Gasteiger partial charge in [0.2, 0.25) is 5.88 Å². The van der Waals surface area contributed by atoms with Gasteiger partial charge in [0.15, 0.2) is 11.6 Å². The van der Waals surface area contributed by atoms with Crippen LogP contribution in [0.15, 0.2) is 99.5 Å². The monoisotopic (exact) mass is 487 g/mol. The standard InChI is InChI=1S/C30H21N3O4/c1-17-11-12-24-21(15-17)27-26(30(34)36-24)25(20(13-14-31)28(32)37-27)22-16-18-7-5-6-10-23(18)33-29(22)35-19-8-3-2-4-9-19/h2-12,15-16,25H,13,32H2,1H3. The minimum Gasteiger partial charge on any atom is -0.440 e. The summed E-state index contributed by atoms with van der Waals surface area (Å²) in [4.78, 5) is 18.3. The predicted octanol–water partition coefficient (Wildman–Crippen LogP) is 6.05. The summed E-state index contributed by atoms with van der Waals surface area (Å²) in [7, 11) is 0. The molecule has 2 aromatic heterocycles.